The van der Waals surface area contributed by atoms with Crippen molar-refractivity contribution in [2.24, 2.45) is 0 Å². The number of carbonyl (C=O) groups excluding carboxylic acids is 2. The van der Waals surface area contributed by atoms with E-state index in [1.807, 2.05) is 0 Å². The fraction of sp³-hybridized carbons (Fsp3) is 0.867. The minimum absolute atomic E-state index is 0.0352. The van der Waals surface area contributed by atoms with Crippen molar-refractivity contribution in [2.45, 2.75) is 69.9 Å². The van der Waals surface area contributed by atoms with Gasteiger partial charge in [-0.1, -0.05) is 20.8 Å². The van der Waals surface area contributed by atoms with E-state index in [4.69, 9.17) is 9.16 Å². The number of methoxy groups -OCH3 is 1. The Bertz CT molecular complexity index is 461. The number of ether oxygens (including phenoxy) is 1. The number of hydrogen-bond acceptors (Lipinski definition) is 4. The molecular weight excluding hydrogens is 300 g/mol. The lowest BCUT2D eigenvalue weighted by molar-refractivity contribution is -0.145. The monoisotopic (exact) mass is 328 g/mol. The molecule has 2 aliphatic heterocycles. The van der Waals surface area contributed by atoms with Gasteiger partial charge in [0.1, 0.15) is 6.04 Å². The van der Waals surface area contributed by atoms with Crippen LogP contribution in [0.5, 0.6) is 0 Å². The molecule has 0 radical (unpaired) electrons. The minimum atomic E-state index is -1.95. The normalized spacial score (nSPS) is 29.1. The zero-order chi connectivity index (χ0) is 16.7. The number of nitrogens with zero attached hydrogens (tertiary/aromatic N) is 1. The maximum Gasteiger partial charge on any atom is 0.328 e. The van der Waals surface area contributed by atoms with Crippen LogP contribution in [0.2, 0.25) is 18.1 Å². The largest absolute Gasteiger partial charge is 0.467 e. The van der Waals surface area contributed by atoms with Gasteiger partial charge in [0.2, 0.25) is 0 Å². The van der Waals surface area contributed by atoms with Gasteiger partial charge in [-0.05, 0) is 24.6 Å². The zero-order valence-corrected chi connectivity index (χ0v) is 15.4. The fourth-order valence-electron chi connectivity index (χ4n) is 2.96. The van der Waals surface area contributed by atoms with Gasteiger partial charge in [-0.15, -0.1) is 0 Å². The van der Waals surface area contributed by atoms with Gasteiger partial charge in [-0.2, -0.15) is 0 Å². The van der Waals surface area contributed by atoms with Gasteiger partial charge >= 0.3 is 12.0 Å². The molecule has 3 atom stereocenters. The summed E-state index contributed by atoms with van der Waals surface area (Å²) in [7, 11) is -0.591. The van der Waals surface area contributed by atoms with E-state index in [9.17, 15) is 9.59 Å². The molecule has 2 amide bonds. The van der Waals surface area contributed by atoms with Crippen molar-refractivity contribution in [2.75, 3.05) is 13.7 Å². The number of esters is 1. The van der Waals surface area contributed by atoms with Crippen molar-refractivity contribution in [3.63, 3.8) is 0 Å². The molecule has 0 aromatic carbocycles. The summed E-state index contributed by atoms with van der Waals surface area (Å²) in [6.45, 7) is 11.6. The predicted molar refractivity (Wildman–Crippen MR) is 86.1 cm³/mol. The van der Waals surface area contributed by atoms with Crippen LogP contribution in [-0.4, -0.2) is 57.1 Å². The van der Waals surface area contributed by atoms with Gasteiger partial charge in [0.05, 0.1) is 19.3 Å². The Kier molecular flexibility index (Phi) is 4.59. The molecule has 22 heavy (non-hydrogen) atoms. The Morgan fingerprint density at radius 2 is 2.00 bits per heavy atom. The summed E-state index contributed by atoms with van der Waals surface area (Å²) in [5, 5.41) is 2.91. The summed E-state index contributed by atoms with van der Waals surface area (Å²) in [6.07, 6.45) is 1.24. The van der Waals surface area contributed by atoms with Gasteiger partial charge in [0, 0.05) is 13.0 Å². The molecule has 2 heterocycles. The van der Waals surface area contributed by atoms with E-state index in [1.165, 1.54) is 7.11 Å². The number of amides is 2. The van der Waals surface area contributed by atoms with Crippen LogP contribution in [0.3, 0.4) is 0 Å². The Labute approximate surface area is 133 Å². The first-order valence-electron chi connectivity index (χ1n) is 7.90. The first kappa shape index (κ1) is 17.3. The standard InChI is InChI=1S/C15H28N2O4Si/c1-15(2,3)22(5,6)21-12-9-11(13(18)20-4)17-10(12)7-8-16-14(17)19/h10-12H,7-9H2,1-6H3,(H,16,19)/t10-,11+,12-/m1/s1. The van der Waals surface area contributed by atoms with Crippen LogP contribution in [0.1, 0.15) is 33.6 Å². The van der Waals surface area contributed by atoms with Crippen LogP contribution >= 0.6 is 0 Å². The number of rotatable bonds is 3. The molecule has 0 aromatic rings. The topological polar surface area (TPSA) is 67.9 Å². The van der Waals surface area contributed by atoms with E-state index in [0.29, 0.717) is 13.0 Å². The van der Waals surface area contributed by atoms with Crippen LogP contribution in [-0.2, 0) is 14.0 Å². The van der Waals surface area contributed by atoms with Gasteiger partial charge in [-0.3, -0.25) is 0 Å². The average Bonchev–Trinajstić information content (AvgIpc) is 2.76. The summed E-state index contributed by atoms with van der Waals surface area (Å²) < 4.78 is 11.4. The highest BCUT2D eigenvalue weighted by atomic mass is 28.4. The molecule has 7 heteroatoms. The van der Waals surface area contributed by atoms with E-state index in [2.05, 4.69) is 39.2 Å². The molecular formula is C15H28N2O4Si. The third-order valence-corrected chi connectivity index (χ3v) is 9.76. The molecule has 6 nitrogen and oxygen atoms in total. The predicted octanol–water partition coefficient (Wildman–Crippen LogP) is 2.11. The summed E-state index contributed by atoms with van der Waals surface area (Å²) in [4.78, 5) is 25.8. The van der Waals surface area contributed by atoms with Crippen LogP contribution in [0.4, 0.5) is 4.79 Å². The first-order chi connectivity index (χ1) is 10.1. The lowest BCUT2D eigenvalue weighted by Gasteiger charge is -2.41. The molecule has 2 saturated heterocycles. The van der Waals surface area contributed by atoms with Crippen molar-refractivity contribution >= 4 is 20.3 Å². The van der Waals surface area contributed by atoms with E-state index in [-0.39, 0.29) is 29.2 Å². The Hall–Kier alpha value is -1.08. The molecule has 0 unspecified atom stereocenters. The summed E-state index contributed by atoms with van der Waals surface area (Å²) >= 11 is 0. The van der Waals surface area contributed by atoms with Crippen LogP contribution in [0.25, 0.3) is 0 Å². The number of fused-ring (bicyclic) bond motifs is 1. The molecule has 0 aromatic heterocycles. The van der Waals surface area contributed by atoms with Gasteiger partial charge in [0.25, 0.3) is 0 Å². The Morgan fingerprint density at radius 1 is 1.36 bits per heavy atom. The maximum absolute atomic E-state index is 12.2. The highest BCUT2D eigenvalue weighted by molar-refractivity contribution is 6.74. The number of urea groups is 1. The second-order valence-corrected chi connectivity index (χ2v) is 12.4. The first-order valence-corrected chi connectivity index (χ1v) is 10.8. The van der Waals surface area contributed by atoms with Crippen LogP contribution in [0, 0.1) is 0 Å². The summed E-state index contributed by atoms with van der Waals surface area (Å²) in [5.41, 5.74) is 0. The molecule has 1 N–H and O–H groups in total. The van der Waals surface area contributed by atoms with E-state index >= 15 is 0 Å². The summed E-state index contributed by atoms with van der Waals surface area (Å²) in [6, 6.07) is -0.759. The van der Waals surface area contributed by atoms with Gasteiger partial charge in [0.15, 0.2) is 8.32 Å². The van der Waals surface area contributed by atoms with Crippen LogP contribution < -0.4 is 5.32 Å². The summed E-state index contributed by atoms with van der Waals surface area (Å²) in [5.74, 6) is -0.358. The van der Waals surface area contributed by atoms with E-state index in [0.717, 1.165) is 6.42 Å². The van der Waals surface area contributed by atoms with Crippen molar-refractivity contribution in [1.82, 2.24) is 10.2 Å². The molecule has 2 aliphatic rings. The Morgan fingerprint density at radius 3 is 2.55 bits per heavy atom. The van der Waals surface area contributed by atoms with Crippen LogP contribution in [0.15, 0.2) is 0 Å². The number of nitrogens with one attached hydrogen (secondary N) is 1. The average molecular weight is 328 g/mol. The third-order valence-electron chi connectivity index (χ3n) is 5.25. The van der Waals surface area contributed by atoms with E-state index in [1.54, 1.807) is 4.90 Å². The lowest BCUT2D eigenvalue weighted by Crippen LogP contribution is -2.57. The van der Waals surface area contributed by atoms with Crippen molar-refractivity contribution in [3.05, 3.63) is 0 Å². The SMILES string of the molecule is COC(=O)[C@@H]1C[C@@H](O[Si](C)(C)C(C)(C)C)[C@H]2CCNC(=O)N21. The molecule has 2 fully saturated rings. The lowest BCUT2D eigenvalue weighted by atomic mass is 10.1. The molecule has 0 aliphatic carbocycles. The third kappa shape index (κ3) is 3.01. The second-order valence-electron chi connectivity index (χ2n) is 7.69. The van der Waals surface area contributed by atoms with Gasteiger partial charge in [-0.25, -0.2) is 9.59 Å². The molecule has 0 bridgehead atoms. The highest BCUT2D eigenvalue weighted by Crippen LogP contribution is 2.41. The number of carbonyl (C=O) groups is 2. The minimum Gasteiger partial charge on any atom is -0.467 e. The van der Waals surface area contributed by atoms with E-state index < -0.39 is 14.4 Å². The maximum atomic E-state index is 12.2. The van der Waals surface area contributed by atoms with Gasteiger partial charge < -0.3 is 19.4 Å². The van der Waals surface area contributed by atoms with Crippen molar-refractivity contribution in [1.29, 1.82) is 0 Å². The molecule has 126 valence electrons. The Balaban J connectivity index is 2.23. The quantitative estimate of drug-likeness (QED) is 0.636. The molecule has 2 rings (SSSR count). The van der Waals surface area contributed by atoms with Crippen molar-refractivity contribution in [3.8, 4) is 0 Å². The smallest absolute Gasteiger partial charge is 0.328 e. The highest BCUT2D eigenvalue weighted by Gasteiger charge is 2.52. The second kappa shape index (κ2) is 5.85. The van der Waals surface area contributed by atoms with Crippen molar-refractivity contribution < 1.29 is 18.8 Å². The number of hydrogen-bond donors (Lipinski definition) is 1. The molecule has 0 saturated carbocycles. The zero-order valence-electron chi connectivity index (χ0n) is 14.4. The fourth-order valence-corrected chi connectivity index (χ4v) is 4.33. The molecule has 0 spiro atoms.